The molecule has 1 saturated heterocycles. The zero-order chi connectivity index (χ0) is 19.6. The van der Waals surface area contributed by atoms with Crippen LogP contribution in [0.5, 0.6) is 0 Å². The standard InChI is InChI=1S/C22H29N3O3.HI/c1-2-27-21(26)19-11-14-25(15-12-19)22(23-13-10-20-9-6-16-28-20)24-17-18-7-4-3-5-8-18;/h3-9,16,19H,2,10-15,17H2,1H3,(H,23,24);1H. The number of piperidine rings is 1. The van der Waals surface area contributed by atoms with Crippen LogP contribution in [0.25, 0.3) is 0 Å². The lowest BCUT2D eigenvalue weighted by Gasteiger charge is -2.33. The summed E-state index contributed by atoms with van der Waals surface area (Å²) in [6.45, 7) is 5.26. The summed E-state index contributed by atoms with van der Waals surface area (Å²) < 4.78 is 10.6. The van der Waals surface area contributed by atoms with Gasteiger partial charge in [-0.15, -0.1) is 24.0 Å². The van der Waals surface area contributed by atoms with Crippen molar-refractivity contribution in [2.24, 2.45) is 10.9 Å². The number of likely N-dealkylation sites (tertiary alicyclic amines) is 1. The van der Waals surface area contributed by atoms with Gasteiger partial charge in [0.1, 0.15) is 5.76 Å². The predicted molar refractivity (Wildman–Crippen MR) is 124 cm³/mol. The van der Waals surface area contributed by atoms with Gasteiger partial charge in [-0.1, -0.05) is 30.3 Å². The number of carbonyl (C=O) groups excluding carboxylic acids is 1. The van der Waals surface area contributed by atoms with Crippen molar-refractivity contribution in [3.05, 3.63) is 60.1 Å². The van der Waals surface area contributed by atoms with Gasteiger partial charge in [-0.05, 0) is 37.5 Å². The number of hydrogen-bond acceptors (Lipinski definition) is 4. The number of ether oxygens (including phenoxy) is 1. The van der Waals surface area contributed by atoms with Crippen LogP contribution in [0, 0.1) is 5.92 Å². The van der Waals surface area contributed by atoms with Gasteiger partial charge in [0.25, 0.3) is 0 Å². The third-order valence-electron chi connectivity index (χ3n) is 4.90. The van der Waals surface area contributed by atoms with Gasteiger partial charge in [0.2, 0.25) is 0 Å². The maximum absolute atomic E-state index is 12.0. The van der Waals surface area contributed by atoms with Gasteiger partial charge in [-0.2, -0.15) is 0 Å². The molecule has 1 aromatic carbocycles. The predicted octanol–water partition coefficient (Wildman–Crippen LogP) is 3.86. The van der Waals surface area contributed by atoms with Crippen molar-refractivity contribution in [3.63, 3.8) is 0 Å². The van der Waals surface area contributed by atoms with Crippen LogP contribution in [0.15, 0.2) is 58.1 Å². The van der Waals surface area contributed by atoms with E-state index in [0.717, 1.165) is 50.6 Å². The van der Waals surface area contributed by atoms with Crippen LogP contribution in [0.2, 0.25) is 0 Å². The molecule has 158 valence electrons. The van der Waals surface area contributed by atoms with Crippen molar-refractivity contribution < 1.29 is 13.9 Å². The molecule has 0 unspecified atom stereocenters. The molecule has 0 aliphatic carbocycles. The molecule has 1 aliphatic rings. The summed E-state index contributed by atoms with van der Waals surface area (Å²) in [5, 5.41) is 3.47. The highest BCUT2D eigenvalue weighted by atomic mass is 127. The first-order valence-corrected chi connectivity index (χ1v) is 10.0. The molecule has 0 spiro atoms. The van der Waals surface area contributed by atoms with Gasteiger partial charge in [0.15, 0.2) is 5.96 Å². The highest BCUT2D eigenvalue weighted by Crippen LogP contribution is 2.19. The Balaban J connectivity index is 0.00000300. The van der Waals surface area contributed by atoms with E-state index >= 15 is 0 Å². The van der Waals surface area contributed by atoms with Crippen molar-refractivity contribution in [2.75, 3.05) is 26.2 Å². The average Bonchev–Trinajstić information content (AvgIpc) is 3.25. The van der Waals surface area contributed by atoms with E-state index in [-0.39, 0.29) is 35.9 Å². The largest absolute Gasteiger partial charge is 0.469 e. The van der Waals surface area contributed by atoms with Gasteiger partial charge in [-0.3, -0.25) is 4.79 Å². The Labute approximate surface area is 189 Å². The smallest absolute Gasteiger partial charge is 0.309 e. The number of hydrogen-bond donors (Lipinski definition) is 1. The number of esters is 1. The molecule has 0 radical (unpaired) electrons. The van der Waals surface area contributed by atoms with E-state index in [1.54, 1.807) is 6.26 Å². The maximum Gasteiger partial charge on any atom is 0.309 e. The molecule has 2 heterocycles. The first kappa shape index (κ1) is 23.3. The summed E-state index contributed by atoms with van der Waals surface area (Å²) in [4.78, 5) is 19.1. The topological polar surface area (TPSA) is 67.1 Å². The quantitative estimate of drug-likeness (QED) is 0.265. The van der Waals surface area contributed by atoms with E-state index in [2.05, 4.69) is 22.3 Å². The minimum absolute atomic E-state index is 0. The molecule has 1 fully saturated rings. The summed E-state index contributed by atoms with van der Waals surface area (Å²) in [6, 6.07) is 14.1. The molecule has 0 amide bonds. The van der Waals surface area contributed by atoms with E-state index in [4.69, 9.17) is 14.1 Å². The second-order valence-electron chi connectivity index (χ2n) is 6.89. The highest BCUT2D eigenvalue weighted by Gasteiger charge is 2.27. The van der Waals surface area contributed by atoms with Gasteiger partial charge in [-0.25, -0.2) is 4.99 Å². The van der Waals surface area contributed by atoms with E-state index < -0.39 is 0 Å². The number of aliphatic imine (C=N–C) groups is 1. The fourth-order valence-electron chi connectivity index (χ4n) is 3.36. The number of carbonyl (C=O) groups is 1. The highest BCUT2D eigenvalue weighted by molar-refractivity contribution is 14.0. The summed E-state index contributed by atoms with van der Waals surface area (Å²) in [7, 11) is 0. The fourth-order valence-corrected chi connectivity index (χ4v) is 3.36. The Bertz CT molecular complexity index is 742. The molecule has 7 heteroatoms. The SMILES string of the molecule is CCOC(=O)C1CCN(C(=NCc2ccccc2)NCCc2ccco2)CC1.I. The molecule has 0 bridgehead atoms. The number of nitrogens with one attached hydrogen (secondary N) is 1. The summed E-state index contributed by atoms with van der Waals surface area (Å²) in [5.74, 6) is 1.76. The number of rotatable bonds is 7. The van der Waals surface area contributed by atoms with Crippen LogP contribution >= 0.6 is 24.0 Å². The Hall–Kier alpha value is -2.03. The first-order chi connectivity index (χ1) is 13.8. The normalized spacial score (nSPS) is 14.9. The first-order valence-electron chi connectivity index (χ1n) is 10.0. The van der Waals surface area contributed by atoms with E-state index in [1.165, 1.54) is 5.56 Å². The summed E-state index contributed by atoms with van der Waals surface area (Å²) in [6.07, 6.45) is 4.09. The number of nitrogens with zero attached hydrogens (tertiary/aromatic N) is 2. The summed E-state index contributed by atoms with van der Waals surface area (Å²) in [5.41, 5.74) is 1.18. The molecule has 2 aromatic rings. The second kappa shape index (κ2) is 12.5. The zero-order valence-corrected chi connectivity index (χ0v) is 19.2. The van der Waals surface area contributed by atoms with E-state index in [1.807, 2.05) is 37.3 Å². The zero-order valence-electron chi connectivity index (χ0n) is 16.9. The molecule has 29 heavy (non-hydrogen) atoms. The van der Waals surface area contributed by atoms with Gasteiger partial charge in [0.05, 0.1) is 25.3 Å². The summed E-state index contributed by atoms with van der Waals surface area (Å²) >= 11 is 0. The minimum atomic E-state index is -0.0734. The Morgan fingerprint density at radius 1 is 1.21 bits per heavy atom. The molecular weight excluding hydrogens is 481 g/mol. The van der Waals surface area contributed by atoms with Crippen LogP contribution in [0.3, 0.4) is 0 Å². The number of guanidine groups is 1. The van der Waals surface area contributed by atoms with E-state index in [9.17, 15) is 4.79 Å². The van der Waals surface area contributed by atoms with Crippen LogP contribution in [-0.4, -0.2) is 43.1 Å². The minimum Gasteiger partial charge on any atom is -0.469 e. The molecule has 1 N–H and O–H groups in total. The number of benzene rings is 1. The van der Waals surface area contributed by atoms with E-state index in [0.29, 0.717) is 13.2 Å². The Kier molecular flexibility index (Phi) is 10.0. The fraction of sp³-hybridized carbons (Fsp3) is 0.455. The molecular formula is C22H30IN3O3. The average molecular weight is 511 g/mol. The van der Waals surface area contributed by atoms with Gasteiger partial charge >= 0.3 is 5.97 Å². The Morgan fingerprint density at radius 2 is 1.97 bits per heavy atom. The van der Waals surface area contributed by atoms with Crippen LogP contribution in [0.4, 0.5) is 0 Å². The third-order valence-corrected chi connectivity index (χ3v) is 4.90. The molecule has 0 saturated carbocycles. The van der Waals surface area contributed by atoms with Crippen molar-refractivity contribution in [3.8, 4) is 0 Å². The van der Waals surface area contributed by atoms with Crippen LogP contribution in [-0.2, 0) is 22.5 Å². The number of halogens is 1. The third kappa shape index (κ3) is 7.38. The monoisotopic (exact) mass is 511 g/mol. The Morgan fingerprint density at radius 3 is 2.62 bits per heavy atom. The lowest BCUT2D eigenvalue weighted by molar-refractivity contribution is -0.149. The second-order valence-corrected chi connectivity index (χ2v) is 6.89. The molecule has 6 nitrogen and oxygen atoms in total. The van der Waals surface area contributed by atoms with Crippen molar-refractivity contribution in [1.82, 2.24) is 10.2 Å². The lowest BCUT2D eigenvalue weighted by Crippen LogP contribution is -2.47. The lowest BCUT2D eigenvalue weighted by atomic mass is 9.97. The van der Waals surface area contributed by atoms with Crippen molar-refractivity contribution in [1.29, 1.82) is 0 Å². The van der Waals surface area contributed by atoms with Crippen molar-refractivity contribution >= 4 is 35.9 Å². The van der Waals surface area contributed by atoms with Gasteiger partial charge in [0, 0.05) is 26.1 Å². The van der Waals surface area contributed by atoms with Crippen LogP contribution in [0.1, 0.15) is 31.1 Å². The molecule has 0 atom stereocenters. The molecule has 3 rings (SSSR count). The maximum atomic E-state index is 12.0. The number of furan rings is 1. The van der Waals surface area contributed by atoms with Gasteiger partial charge < -0.3 is 19.4 Å². The molecule has 1 aliphatic heterocycles. The van der Waals surface area contributed by atoms with Crippen molar-refractivity contribution in [2.45, 2.75) is 32.7 Å². The van der Waals surface area contributed by atoms with Crippen LogP contribution < -0.4 is 5.32 Å². The molecule has 1 aromatic heterocycles.